The zero-order valence-corrected chi connectivity index (χ0v) is 11.5. The summed E-state index contributed by atoms with van der Waals surface area (Å²) in [6.07, 6.45) is 0.547. The topological polar surface area (TPSA) is 49.6 Å². The van der Waals surface area contributed by atoms with E-state index in [4.69, 9.17) is 18.0 Å². The van der Waals surface area contributed by atoms with Gasteiger partial charge in [0.25, 0.3) is 0 Å². The summed E-state index contributed by atoms with van der Waals surface area (Å²) in [5.74, 6) is 0.353. The van der Waals surface area contributed by atoms with Crippen molar-refractivity contribution in [2.24, 2.45) is 11.7 Å². The van der Waals surface area contributed by atoms with Crippen LogP contribution in [0.1, 0.15) is 20.3 Å². The summed E-state index contributed by atoms with van der Waals surface area (Å²) >= 11 is 4.94. The zero-order valence-electron chi connectivity index (χ0n) is 10.7. The molecule has 0 heterocycles. The van der Waals surface area contributed by atoms with Crippen LogP contribution in [0.2, 0.25) is 0 Å². The Morgan fingerprint density at radius 3 is 2.38 bits per heavy atom. The quantitative estimate of drug-likeness (QED) is 0.671. The monoisotopic (exact) mass is 245 g/mol. The van der Waals surface area contributed by atoms with Gasteiger partial charge >= 0.3 is 0 Å². The van der Waals surface area contributed by atoms with E-state index < -0.39 is 0 Å². The molecule has 0 aromatic heterocycles. The molecule has 2 N–H and O–H groups in total. The van der Waals surface area contributed by atoms with E-state index in [1.807, 2.05) is 6.92 Å². The number of carbonyl (C=O) groups is 1. The van der Waals surface area contributed by atoms with Crippen LogP contribution in [0.15, 0.2) is 0 Å². The Bertz CT molecular complexity index is 243. The van der Waals surface area contributed by atoms with Crippen molar-refractivity contribution in [3.63, 3.8) is 0 Å². The lowest BCUT2D eigenvalue weighted by atomic mass is 10.1. The van der Waals surface area contributed by atoms with Crippen LogP contribution in [0.25, 0.3) is 0 Å². The summed E-state index contributed by atoms with van der Waals surface area (Å²) in [6, 6.07) is 0. The second-order valence-electron chi connectivity index (χ2n) is 4.23. The van der Waals surface area contributed by atoms with Crippen molar-refractivity contribution in [2.45, 2.75) is 20.3 Å². The fourth-order valence-electron chi connectivity index (χ4n) is 1.33. The van der Waals surface area contributed by atoms with Gasteiger partial charge in [-0.1, -0.05) is 26.1 Å². The van der Waals surface area contributed by atoms with Crippen molar-refractivity contribution in [1.29, 1.82) is 0 Å². The highest BCUT2D eigenvalue weighted by Crippen LogP contribution is 2.02. The Balaban J connectivity index is 4.01. The number of hydrogen-bond acceptors (Lipinski definition) is 3. The van der Waals surface area contributed by atoms with Crippen LogP contribution in [0.5, 0.6) is 0 Å². The number of rotatable bonds is 7. The van der Waals surface area contributed by atoms with Crippen LogP contribution in [0.3, 0.4) is 0 Å². The normalized spacial score (nSPS) is 12.6. The van der Waals surface area contributed by atoms with Crippen LogP contribution >= 0.6 is 12.2 Å². The molecular weight excluding hydrogens is 222 g/mol. The van der Waals surface area contributed by atoms with E-state index >= 15 is 0 Å². The van der Waals surface area contributed by atoms with Gasteiger partial charge in [0, 0.05) is 39.5 Å². The number of thiocarbonyl (C=S) groups is 1. The predicted molar refractivity (Wildman–Crippen MR) is 71.4 cm³/mol. The molecule has 0 aromatic rings. The van der Waals surface area contributed by atoms with E-state index in [1.54, 1.807) is 19.0 Å². The average Bonchev–Trinajstić information content (AvgIpc) is 2.22. The molecule has 16 heavy (non-hydrogen) atoms. The van der Waals surface area contributed by atoms with Gasteiger partial charge in [0.05, 0.1) is 4.99 Å². The minimum Gasteiger partial charge on any atom is -0.393 e. The summed E-state index contributed by atoms with van der Waals surface area (Å²) in [5, 5.41) is 0. The van der Waals surface area contributed by atoms with Gasteiger partial charge in [-0.2, -0.15) is 0 Å². The highest BCUT2D eigenvalue weighted by atomic mass is 32.1. The van der Waals surface area contributed by atoms with Crippen molar-refractivity contribution in [1.82, 2.24) is 9.80 Å². The summed E-state index contributed by atoms with van der Waals surface area (Å²) < 4.78 is 0. The third kappa shape index (κ3) is 6.02. The van der Waals surface area contributed by atoms with E-state index in [2.05, 4.69) is 11.8 Å². The van der Waals surface area contributed by atoms with E-state index in [-0.39, 0.29) is 11.8 Å². The Morgan fingerprint density at radius 1 is 1.44 bits per heavy atom. The van der Waals surface area contributed by atoms with Gasteiger partial charge in [0.2, 0.25) is 5.91 Å². The molecule has 1 atom stereocenters. The lowest BCUT2D eigenvalue weighted by molar-refractivity contribution is -0.129. The lowest BCUT2D eigenvalue weighted by Gasteiger charge is -2.24. The van der Waals surface area contributed by atoms with Gasteiger partial charge in [0.1, 0.15) is 0 Å². The first-order valence-corrected chi connectivity index (χ1v) is 6.01. The minimum atomic E-state index is 0.154. The van der Waals surface area contributed by atoms with Crippen LogP contribution < -0.4 is 5.73 Å². The van der Waals surface area contributed by atoms with Crippen LogP contribution in [-0.2, 0) is 4.79 Å². The predicted octanol–water partition coefficient (Wildman–Crippen LogP) is 0.709. The number of amides is 1. The molecule has 0 rings (SSSR count). The second-order valence-corrected chi connectivity index (χ2v) is 4.71. The Labute approximate surface area is 104 Å². The highest BCUT2D eigenvalue weighted by Gasteiger charge is 2.12. The largest absolute Gasteiger partial charge is 0.393 e. The Hall–Kier alpha value is -0.680. The highest BCUT2D eigenvalue weighted by molar-refractivity contribution is 7.80. The molecule has 0 aliphatic carbocycles. The fraction of sp³-hybridized carbons (Fsp3) is 0.818. The molecule has 0 saturated heterocycles. The number of nitrogens with zero attached hydrogens (tertiary/aromatic N) is 2. The first-order valence-electron chi connectivity index (χ1n) is 5.60. The van der Waals surface area contributed by atoms with Gasteiger partial charge in [-0.05, 0) is 6.54 Å². The van der Waals surface area contributed by atoms with Gasteiger partial charge in [-0.15, -0.1) is 0 Å². The van der Waals surface area contributed by atoms with E-state index in [0.717, 1.165) is 19.6 Å². The number of nitrogens with two attached hydrogens (primary N) is 1. The Morgan fingerprint density at radius 2 is 2.00 bits per heavy atom. The summed E-state index contributed by atoms with van der Waals surface area (Å²) in [4.78, 5) is 15.8. The molecule has 0 bridgehead atoms. The van der Waals surface area contributed by atoms with E-state index in [1.165, 1.54) is 0 Å². The van der Waals surface area contributed by atoms with Crippen molar-refractivity contribution in [2.75, 3.05) is 33.7 Å². The van der Waals surface area contributed by atoms with Crippen molar-refractivity contribution >= 4 is 23.1 Å². The van der Waals surface area contributed by atoms with Gasteiger partial charge in [-0.25, -0.2) is 0 Å². The third-order valence-electron chi connectivity index (χ3n) is 2.61. The average molecular weight is 245 g/mol. The second kappa shape index (κ2) is 7.57. The smallest absolute Gasteiger partial charge is 0.223 e. The van der Waals surface area contributed by atoms with Gasteiger partial charge in [0.15, 0.2) is 0 Å². The van der Waals surface area contributed by atoms with E-state index in [9.17, 15) is 4.79 Å². The molecule has 0 aliphatic rings. The van der Waals surface area contributed by atoms with Gasteiger partial charge < -0.3 is 15.5 Å². The van der Waals surface area contributed by atoms with Crippen molar-refractivity contribution in [3.8, 4) is 0 Å². The SMILES string of the molecule is CCN(CCC(=O)N(C)C)CC(C)C(N)=S. The molecule has 0 radical (unpaired) electrons. The van der Waals surface area contributed by atoms with Crippen LogP contribution in [0, 0.1) is 5.92 Å². The Kier molecular flexibility index (Phi) is 7.25. The minimum absolute atomic E-state index is 0.154. The molecule has 94 valence electrons. The van der Waals surface area contributed by atoms with Crippen LogP contribution in [-0.4, -0.2) is 54.4 Å². The molecular formula is C11H23N3OS. The molecule has 0 fully saturated rings. The molecule has 0 spiro atoms. The summed E-state index contributed by atoms with van der Waals surface area (Å²) in [6.45, 7) is 6.59. The maximum Gasteiger partial charge on any atom is 0.223 e. The first-order chi connectivity index (χ1) is 7.38. The zero-order chi connectivity index (χ0) is 12.7. The lowest BCUT2D eigenvalue weighted by Crippen LogP contribution is -2.36. The summed E-state index contributed by atoms with van der Waals surface area (Å²) in [5.41, 5.74) is 5.57. The van der Waals surface area contributed by atoms with Crippen LogP contribution in [0.4, 0.5) is 0 Å². The van der Waals surface area contributed by atoms with E-state index in [0.29, 0.717) is 11.4 Å². The van der Waals surface area contributed by atoms with Gasteiger partial charge in [-0.3, -0.25) is 4.79 Å². The third-order valence-corrected chi connectivity index (χ3v) is 3.01. The number of hydrogen-bond donors (Lipinski definition) is 1. The summed E-state index contributed by atoms with van der Waals surface area (Å²) in [7, 11) is 3.55. The molecule has 4 nitrogen and oxygen atoms in total. The molecule has 0 aliphatic heterocycles. The molecule has 1 unspecified atom stereocenters. The maximum absolute atomic E-state index is 11.4. The number of carbonyl (C=O) groups excluding carboxylic acids is 1. The molecule has 0 saturated carbocycles. The van der Waals surface area contributed by atoms with Crippen molar-refractivity contribution < 1.29 is 4.79 Å². The molecule has 1 amide bonds. The fourth-order valence-corrected chi connectivity index (χ4v) is 1.41. The molecule has 5 heteroatoms. The molecule has 0 aromatic carbocycles. The maximum atomic E-state index is 11.4. The van der Waals surface area contributed by atoms with Crippen molar-refractivity contribution in [3.05, 3.63) is 0 Å². The first kappa shape index (κ1) is 15.3. The standard InChI is InChI=1S/C11H23N3OS/c1-5-14(8-9(2)11(12)16)7-6-10(15)13(3)4/h9H,5-8H2,1-4H3,(H2,12,16).